The Morgan fingerprint density at radius 2 is 2.04 bits per heavy atom. The van der Waals surface area contributed by atoms with Crippen LogP contribution in [0.5, 0.6) is 5.75 Å². The van der Waals surface area contributed by atoms with Crippen molar-refractivity contribution < 1.29 is 9.53 Å². The smallest absolute Gasteiger partial charge is 0.325 e. The number of anilines is 1. The lowest BCUT2D eigenvalue weighted by molar-refractivity contribution is 0.0378. The number of ether oxygens (including phenoxy) is 1. The van der Waals surface area contributed by atoms with E-state index in [1.54, 1.807) is 4.90 Å². The van der Waals surface area contributed by atoms with E-state index in [-0.39, 0.29) is 12.1 Å². The topological polar surface area (TPSA) is 41.6 Å². The number of nitrogens with one attached hydrogen (secondary N) is 1. The Balaban J connectivity index is 1.76. The summed E-state index contributed by atoms with van der Waals surface area (Å²) in [6.07, 6.45) is 1.68. The van der Waals surface area contributed by atoms with Crippen molar-refractivity contribution in [2.75, 3.05) is 4.90 Å². The second-order valence-corrected chi connectivity index (χ2v) is 7.44. The summed E-state index contributed by atoms with van der Waals surface area (Å²) in [5.41, 5.74) is 2.43. The number of aryl methyl sites for hydroxylation is 1. The molecule has 2 heterocycles. The van der Waals surface area contributed by atoms with Crippen LogP contribution in [0, 0.1) is 0 Å². The van der Waals surface area contributed by atoms with Crippen molar-refractivity contribution in [1.82, 2.24) is 5.32 Å². The zero-order valence-electron chi connectivity index (χ0n) is 13.7. The van der Waals surface area contributed by atoms with Crippen LogP contribution in [0.2, 0.25) is 0 Å². The van der Waals surface area contributed by atoms with Crippen LogP contribution in [-0.2, 0) is 6.42 Å². The van der Waals surface area contributed by atoms with Crippen molar-refractivity contribution in [2.45, 2.75) is 38.5 Å². The van der Waals surface area contributed by atoms with Gasteiger partial charge in [-0.25, -0.2) is 4.79 Å². The highest BCUT2D eigenvalue weighted by molar-refractivity contribution is 9.10. The molecule has 24 heavy (non-hydrogen) atoms. The van der Waals surface area contributed by atoms with E-state index in [1.807, 2.05) is 37.3 Å². The molecule has 0 aliphatic carbocycles. The van der Waals surface area contributed by atoms with Crippen LogP contribution in [0.3, 0.4) is 0 Å². The molecule has 0 spiro atoms. The van der Waals surface area contributed by atoms with Gasteiger partial charge in [-0.05, 0) is 49.2 Å². The van der Waals surface area contributed by atoms with E-state index in [0.717, 1.165) is 27.9 Å². The lowest BCUT2D eigenvalue weighted by Gasteiger charge is -2.50. The summed E-state index contributed by atoms with van der Waals surface area (Å²) in [5.74, 6) is 0.826. The zero-order valence-corrected chi connectivity index (χ0v) is 15.3. The van der Waals surface area contributed by atoms with Gasteiger partial charge in [0.15, 0.2) is 5.72 Å². The van der Waals surface area contributed by atoms with Crippen molar-refractivity contribution >= 4 is 27.6 Å². The molecule has 1 fully saturated rings. The van der Waals surface area contributed by atoms with E-state index in [0.29, 0.717) is 6.42 Å². The minimum Gasteiger partial charge on any atom is -0.467 e. The molecule has 5 heteroatoms. The zero-order chi connectivity index (χ0) is 16.9. The van der Waals surface area contributed by atoms with E-state index in [4.69, 9.17) is 4.74 Å². The minimum atomic E-state index is -0.693. The van der Waals surface area contributed by atoms with Gasteiger partial charge < -0.3 is 10.1 Å². The summed E-state index contributed by atoms with van der Waals surface area (Å²) in [6.45, 7) is 4.10. The fourth-order valence-corrected chi connectivity index (χ4v) is 4.00. The Hall–Kier alpha value is -2.01. The van der Waals surface area contributed by atoms with Crippen LogP contribution in [0.1, 0.15) is 37.4 Å². The molecule has 2 aliphatic rings. The van der Waals surface area contributed by atoms with Crippen molar-refractivity contribution in [3.63, 3.8) is 0 Å². The van der Waals surface area contributed by atoms with E-state index in [1.165, 1.54) is 5.56 Å². The van der Waals surface area contributed by atoms with Gasteiger partial charge in [0.1, 0.15) is 5.75 Å². The van der Waals surface area contributed by atoms with Gasteiger partial charge in [-0.1, -0.05) is 35.0 Å². The molecular weight excluding hydrogens is 368 g/mol. The van der Waals surface area contributed by atoms with Crippen molar-refractivity contribution in [3.05, 3.63) is 58.1 Å². The SMILES string of the molecule is CCc1ccc(N2C(=O)N[C@H]3C[C@@]2(C)Oc2ccc(Br)cc23)cc1. The lowest BCUT2D eigenvalue weighted by Crippen LogP contribution is -2.65. The van der Waals surface area contributed by atoms with Crippen molar-refractivity contribution in [2.24, 2.45) is 0 Å². The first-order valence-corrected chi connectivity index (χ1v) is 8.97. The number of halogens is 1. The summed E-state index contributed by atoms with van der Waals surface area (Å²) < 4.78 is 7.27. The number of fused-ring (bicyclic) bond motifs is 4. The Bertz CT molecular complexity index is 806. The number of nitrogens with zero attached hydrogens (tertiary/aromatic N) is 1. The highest BCUT2D eigenvalue weighted by Crippen LogP contribution is 2.46. The predicted octanol–water partition coefficient (Wildman–Crippen LogP) is 4.78. The Kier molecular flexibility index (Phi) is 3.57. The first-order chi connectivity index (χ1) is 11.5. The minimum absolute atomic E-state index is 0.0325. The lowest BCUT2D eigenvalue weighted by atomic mass is 9.90. The van der Waals surface area contributed by atoms with Gasteiger partial charge in [0, 0.05) is 22.1 Å². The van der Waals surface area contributed by atoms with Gasteiger partial charge in [0.05, 0.1) is 6.04 Å². The van der Waals surface area contributed by atoms with Gasteiger partial charge in [-0.2, -0.15) is 0 Å². The molecule has 2 aromatic carbocycles. The van der Waals surface area contributed by atoms with Gasteiger partial charge in [0.2, 0.25) is 0 Å². The van der Waals surface area contributed by atoms with E-state index in [9.17, 15) is 4.79 Å². The van der Waals surface area contributed by atoms with Crippen LogP contribution in [-0.4, -0.2) is 11.8 Å². The number of hydrogen-bond donors (Lipinski definition) is 1. The Labute approximate surface area is 149 Å². The standard InChI is InChI=1S/C19H19BrN2O2/c1-3-12-4-7-14(8-5-12)22-18(23)21-16-11-19(22,2)24-17-9-6-13(20)10-15(16)17/h4-10,16H,3,11H2,1-2H3,(H,21,23)/t16-,19+/m0/s1. The number of hydrogen-bond acceptors (Lipinski definition) is 2. The highest BCUT2D eigenvalue weighted by atomic mass is 79.9. The summed E-state index contributed by atoms with van der Waals surface area (Å²) in [7, 11) is 0. The fraction of sp³-hybridized carbons (Fsp3) is 0.316. The largest absolute Gasteiger partial charge is 0.467 e. The molecule has 124 valence electrons. The molecule has 0 saturated carbocycles. The van der Waals surface area contributed by atoms with Gasteiger partial charge >= 0.3 is 6.03 Å². The number of carbonyl (C=O) groups excluding carboxylic acids is 1. The third-order valence-corrected chi connectivity index (χ3v) is 5.33. The Morgan fingerprint density at radius 3 is 2.75 bits per heavy atom. The first kappa shape index (κ1) is 15.5. The third-order valence-electron chi connectivity index (χ3n) is 4.84. The van der Waals surface area contributed by atoms with Crippen LogP contribution >= 0.6 is 15.9 Å². The summed E-state index contributed by atoms with van der Waals surface area (Å²) in [4.78, 5) is 14.5. The number of benzene rings is 2. The number of amides is 2. The van der Waals surface area contributed by atoms with Crippen LogP contribution in [0.4, 0.5) is 10.5 Å². The molecule has 0 aromatic heterocycles. The molecule has 2 aromatic rings. The predicted molar refractivity (Wildman–Crippen MR) is 97.4 cm³/mol. The summed E-state index contributed by atoms with van der Waals surface area (Å²) in [6, 6.07) is 13.9. The third kappa shape index (κ3) is 2.38. The molecule has 1 N–H and O–H groups in total. The molecule has 2 bridgehead atoms. The van der Waals surface area contributed by atoms with Gasteiger partial charge in [-0.3, -0.25) is 4.90 Å². The molecule has 2 amide bonds. The monoisotopic (exact) mass is 386 g/mol. The molecular formula is C19H19BrN2O2. The van der Waals surface area contributed by atoms with E-state index < -0.39 is 5.72 Å². The molecule has 4 nitrogen and oxygen atoms in total. The van der Waals surface area contributed by atoms with Gasteiger partial charge in [-0.15, -0.1) is 0 Å². The molecule has 2 aliphatic heterocycles. The first-order valence-electron chi connectivity index (χ1n) is 8.18. The van der Waals surface area contributed by atoms with Crippen molar-refractivity contribution in [1.29, 1.82) is 0 Å². The summed E-state index contributed by atoms with van der Waals surface area (Å²) >= 11 is 3.49. The maximum Gasteiger partial charge on any atom is 0.325 e. The van der Waals surface area contributed by atoms with Gasteiger partial charge in [0.25, 0.3) is 0 Å². The van der Waals surface area contributed by atoms with Crippen LogP contribution in [0.15, 0.2) is 46.9 Å². The quantitative estimate of drug-likeness (QED) is 0.806. The second kappa shape index (κ2) is 5.52. The van der Waals surface area contributed by atoms with Crippen LogP contribution < -0.4 is 15.0 Å². The fourth-order valence-electron chi connectivity index (χ4n) is 3.62. The molecule has 1 saturated heterocycles. The average Bonchev–Trinajstić information content (AvgIpc) is 2.55. The van der Waals surface area contributed by atoms with Crippen LogP contribution in [0.25, 0.3) is 0 Å². The number of urea groups is 1. The molecule has 4 rings (SSSR count). The highest BCUT2D eigenvalue weighted by Gasteiger charge is 2.49. The maximum absolute atomic E-state index is 12.8. The normalized spacial score (nSPS) is 24.9. The van der Waals surface area contributed by atoms with Crippen molar-refractivity contribution in [3.8, 4) is 5.75 Å². The Morgan fingerprint density at radius 1 is 1.29 bits per heavy atom. The molecule has 0 unspecified atom stereocenters. The number of rotatable bonds is 2. The average molecular weight is 387 g/mol. The second-order valence-electron chi connectivity index (χ2n) is 6.52. The van der Waals surface area contributed by atoms with E-state index in [2.05, 4.69) is 40.3 Å². The maximum atomic E-state index is 12.8. The number of carbonyl (C=O) groups is 1. The molecule has 0 radical (unpaired) electrons. The summed E-state index contributed by atoms with van der Waals surface area (Å²) in [5, 5.41) is 3.12. The molecule has 2 atom stereocenters. The van der Waals surface area contributed by atoms with E-state index >= 15 is 0 Å².